The number of hydrogen-bond acceptors (Lipinski definition) is 4. The first-order valence-corrected chi connectivity index (χ1v) is 6.10. The average molecular weight is 226 g/mol. The highest BCUT2D eigenvalue weighted by molar-refractivity contribution is 7.99. The van der Waals surface area contributed by atoms with E-state index in [1.807, 2.05) is 13.0 Å². The minimum Gasteiger partial charge on any atom is -0.310 e. The summed E-state index contributed by atoms with van der Waals surface area (Å²) in [7, 11) is 0. The van der Waals surface area contributed by atoms with Gasteiger partial charge in [0.1, 0.15) is 5.82 Å². The highest BCUT2D eigenvalue weighted by atomic mass is 32.2. The number of carbonyl (C=O) groups excluding carboxylic acids is 1. The second kappa shape index (κ2) is 4.67. The van der Waals surface area contributed by atoms with Crippen LogP contribution in [-0.2, 0) is 11.3 Å². The Kier molecular flexibility index (Phi) is 3.27. The predicted molar refractivity (Wildman–Crippen MR) is 60.8 cm³/mol. The lowest BCUT2D eigenvalue weighted by atomic mass is 10.3. The summed E-state index contributed by atoms with van der Waals surface area (Å²) in [6.07, 6.45) is 1.69. The van der Waals surface area contributed by atoms with Crippen molar-refractivity contribution >= 4 is 23.5 Å². The normalized spacial score (nSPS) is 20.5. The van der Waals surface area contributed by atoms with Crippen LogP contribution < -0.4 is 10.6 Å². The molecule has 15 heavy (non-hydrogen) atoms. The van der Waals surface area contributed by atoms with Crippen molar-refractivity contribution in [1.29, 1.82) is 0 Å². The van der Waals surface area contributed by atoms with Gasteiger partial charge in [-0.1, -0.05) is 0 Å². The van der Waals surface area contributed by atoms with Crippen molar-refractivity contribution in [2.75, 3.05) is 16.9 Å². The molecule has 1 saturated heterocycles. The van der Waals surface area contributed by atoms with Gasteiger partial charge < -0.3 is 5.32 Å². The average Bonchev–Trinajstić information content (AvgIpc) is 2.87. The van der Waals surface area contributed by atoms with Crippen molar-refractivity contribution in [3.63, 3.8) is 0 Å². The molecule has 0 aliphatic carbocycles. The molecule has 1 amide bonds. The van der Waals surface area contributed by atoms with Gasteiger partial charge in [0.15, 0.2) is 0 Å². The highest BCUT2D eigenvalue weighted by Gasteiger charge is 2.22. The molecule has 2 heterocycles. The standard InChI is InChI=1S/C9H14N4OS/c1-2-13-8(3-4-11-13)12-9(14)7-5-15-6-10-7/h3-4,7,10H,2,5-6H2,1H3,(H,12,14)/t7-/m1/s1. The highest BCUT2D eigenvalue weighted by Crippen LogP contribution is 2.12. The fourth-order valence-electron chi connectivity index (χ4n) is 1.47. The Labute approximate surface area is 92.6 Å². The van der Waals surface area contributed by atoms with Gasteiger partial charge in [0.2, 0.25) is 5.91 Å². The largest absolute Gasteiger partial charge is 0.310 e. The quantitative estimate of drug-likeness (QED) is 0.788. The summed E-state index contributed by atoms with van der Waals surface area (Å²) >= 11 is 1.74. The van der Waals surface area contributed by atoms with Gasteiger partial charge in [-0.3, -0.25) is 10.1 Å². The van der Waals surface area contributed by atoms with E-state index in [4.69, 9.17) is 0 Å². The van der Waals surface area contributed by atoms with Crippen LogP contribution in [0.5, 0.6) is 0 Å². The van der Waals surface area contributed by atoms with Gasteiger partial charge in [-0.05, 0) is 6.92 Å². The Balaban J connectivity index is 1.98. The van der Waals surface area contributed by atoms with Crippen LogP contribution in [0.2, 0.25) is 0 Å². The molecule has 0 bridgehead atoms. The van der Waals surface area contributed by atoms with Gasteiger partial charge in [-0.25, -0.2) is 4.68 Å². The molecule has 0 unspecified atom stereocenters. The number of hydrogen-bond donors (Lipinski definition) is 2. The molecule has 1 aromatic heterocycles. The lowest BCUT2D eigenvalue weighted by molar-refractivity contribution is -0.117. The van der Waals surface area contributed by atoms with Crippen LogP contribution in [0, 0.1) is 0 Å². The zero-order valence-corrected chi connectivity index (χ0v) is 9.38. The third-order valence-corrected chi connectivity index (χ3v) is 3.24. The van der Waals surface area contributed by atoms with Crippen molar-refractivity contribution in [2.24, 2.45) is 0 Å². The molecule has 6 heteroatoms. The molecule has 1 aliphatic rings. The fourth-order valence-corrected chi connectivity index (χ4v) is 2.41. The Bertz CT molecular complexity index is 346. The van der Waals surface area contributed by atoms with Crippen LogP contribution >= 0.6 is 11.8 Å². The molecule has 0 spiro atoms. The zero-order chi connectivity index (χ0) is 10.7. The van der Waals surface area contributed by atoms with Crippen LogP contribution in [0.3, 0.4) is 0 Å². The molecular formula is C9H14N4OS. The second-order valence-electron chi connectivity index (χ2n) is 3.29. The number of nitrogens with zero attached hydrogens (tertiary/aromatic N) is 2. The fraction of sp³-hybridized carbons (Fsp3) is 0.556. The van der Waals surface area contributed by atoms with Crippen LogP contribution in [0.15, 0.2) is 12.3 Å². The van der Waals surface area contributed by atoms with E-state index in [0.717, 1.165) is 24.0 Å². The minimum absolute atomic E-state index is 0.0233. The smallest absolute Gasteiger partial charge is 0.243 e. The van der Waals surface area contributed by atoms with Crippen LogP contribution in [0.4, 0.5) is 5.82 Å². The summed E-state index contributed by atoms with van der Waals surface area (Å²) in [6, 6.07) is 1.74. The Morgan fingerprint density at radius 2 is 2.73 bits per heavy atom. The predicted octanol–water partition coefficient (Wildman–Crippen LogP) is 0.504. The third kappa shape index (κ3) is 2.32. The Morgan fingerprint density at radius 3 is 3.40 bits per heavy atom. The molecule has 2 N–H and O–H groups in total. The number of amides is 1. The summed E-state index contributed by atoms with van der Waals surface area (Å²) in [5.41, 5.74) is 0. The summed E-state index contributed by atoms with van der Waals surface area (Å²) < 4.78 is 1.76. The van der Waals surface area contributed by atoms with Gasteiger partial charge in [-0.2, -0.15) is 5.10 Å². The lowest BCUT2D eigenvalue weighted by Crippen LogP contribution is -2.37. The molecule has 0 aromatic carbocycles. The molecule has 1 fully saturated rings. The number of carbonyl (C=O) groups is 1. The van der Waals surface area contributed by atoms with Crippen molar-refractivity contribution < 1.29 is 4.79 Å². The monoisotopic (exact) mass is 226 g/mol. The van der Waals surface area contributed by atoms with E-state index in [9.17, 15) is 4.79 Å². The van der Waals surface area contributed by atoms with Crippen LogP contribution in [0.1, 0.15) is 6.92 Å². The molecule has 0 radical (unpaired) electrons. The molecular weight excluding hydrogens is 212 g/mol. The third-order valence-electron chi connectivity index (χ3n) is 2.30. The summed E-state index contributed by atoms with van der Waals surface area (Å²) in [6.45, 7) is 2.75. The lowest BCUT2D eigenvalue weighted by Gasteiger charge is -2.11. The molecule has 1 aliphatic heterocycles. The molecule has 5 nitrogen and oxygen atoms in total. The van der Waals surface area contributed by atoms with E-state index in [1.54, 1.807) is 22.6 Å². The van der Waals surface area contributed by atoms with E-state index in [2.05, 4.69) is 15.7 Å². The van der Waals surface area contributed by atoms with E-state index in [0.29, 0.717) is 0 Å². The zero-order valence-electron chi connectivity index (χ0n) is 8.56. The molecule has 0 saturated carbocycles. The molecule has 82 valence electrons. The van der Waals surface area contributed by atoms with E-state index in [1.165, 1.54) is 0 Å². The first-order valence-electron chi connectivity index (χ1n) is 4.95. The summed E-state index contributed by atoms with van der Waals surface area (Å²) in [5.74, 6) is 2.48. The molecule has 2 rings (SSSR count). The van der Waals surface area contributed by atoms with E-state index < -0.39 is 0 Å². The Morgan fingerprint density at radius 1 is 1.87 bits per heavy atom. The van der Waals surface area contributed by atoms with Crippen LogP contribution in [-0.4, -0.2) is 33.4 Å². The van der Waals surface area contributed by atoms with E-state index in [-0.39, 0.29) is 11.9 Å². The number of anilines is 1. The molecule has 1 atom stereocenters. The number of nitrogens with one attached hydrogen (secondary N) is 2. The number of aryl methyl sites for hydroxylation is 1. The summed E-state index contributed by atoms with van der Waals surface area (Å²) in [5, 5.41) is 10.1. The van der Waals surface area contributed by atoms with Gasteiger partial charge in [0.05, 0.1) is 12.2 Å². The van der Waals surface area contributed by atoms with Gasteiger partial charge in [0.25, 0.3) is 0 Å². The summed E-state index contributed by atoms with van der Waals surface area (Å²) in [4.78, 5) is 11.8. The number of thioether (sulfide) groups is 1. The first-order chi connectivity index (χ1) is 7.31. The van der Waals surface area contributed by atoms with E-state index >= 15 is 0 Å². The maximum Gasteiger partial charge on any atom is 0.243 e. The Hall–Kier alpha value is -1.01. The number of aromatic nitrogens is 2. The maximum atomic E-state index is 11.8. The first kappa shape index (κ1) is 10.5. The maximum absolute atomic E-state index is 11.8. The van der Waals surface area contributed by atoms with Gasteiger partial charge >= 0.3 is 0 Å². The van der Waals surface area contributed by atoms with Gasteiger partial charge in [-0.15, -0.1) is 11.8 Å². The topological polar surface area (TPSA) is 59.0 Å². The SMILES string of the molecule is CCn1nccc1NC(=O)[C@H]1CSCN1. The second-order valence-corrected chi connectivity index (χ2v) is 4.32. The minimum atomic E-state index is -0.0739. The number of rotatable bonds is 3. The molecule has 1 aromatic rings. The van der Waals surface area contributed by atoms with Crippen molar-refractivity contribution in [2.45, 2.75) is 19.5 Å². The van der Waals surface area contributed by atoms with Gasteiger partial charge in [0, 0.05) is 24.2 Å². The van der Waals surface area contributed by atoms with Crippen LogP contribution in [0.25, 0.3) is 0 Å². The van der Waals surface area contributed by atoms with Crippen molar-refractivity contribution in [3.8, 4) is 0 Å². The van der Waals surface area contributed by atoms with Crippen molar-refractivity contribution in [3.05, 3.63) is 12.3 Å². The van der Waals surface area contributed by atoms with Crippen molar-refractivity contribution in [1.82, 2.24) is 15.1 Å².